The number of Topliss-reactive ketones (excluding diaryl/α,β-unsaturated/α-hetero) is 1. The zero-order chi connectivity index (χ0) is 24.1. The van der Waals surface area contributed by atoms with Gasteiger partial charge in [-0.25, -0.2) is 9.98 Å². The fraction of sp³-hybridized carbons (Fsp3) is 0.200. The number of allylic oxidation sites excluding steroid dienone is 1. The minimum absolute atomic E-state index is 0.0506. The number of aliphatic imine (C=N–C) groups is 2. The van der Waals surface area contributed by atoms with Gasteiger partial charge in [0, 0.05) is 32.0 Å². The highest BCUT2D eigenvalue weighted by Gasteiger charge is 2.27. The number of nitrogens with one attached hydrogen (secondary N) is 3. The van der Waals surface area contributed by atoms with Gasteiger partial charge in [0.25, 0.3) is 0 Å². The molecule has 1 unspecified atom stereocenters. The van der Waals surface area contributed by atoms with Gasteiger partial charge in [-0.2, -0.15) is 0 Å². The van der Waals surface area contributed by atoms with Crippen LogP contribution < -0.4 is 10.6 Å². The summed E-state index contributed by atoms with van der Waals surface area (Å²) < 4.78 is 10.2. The number of carbonyl (C=O) groups is 1. The van der Waals surface area contributed by atoms with E-state index in [4.69, 9.17) is 14.9 Å². The average molecular weight is 448 g/mol. The number of benzene rings is 2. The normalized spacial score (nSPS) is 13.1. The minimum Gasteiger partial charge on any atom is -0.481 e. The van der Waals surface area contributed by atoms with Crippen molar-refractivity contribution in [1.29, 1.82) is 5.41 Å². The summed E-state index contributed by atoms with van der Waals surface area (Å²) in [6.07, 6.45) is 3.16. The Hall–Kier alpha value is -4.04. The highest BCUT2D eigenvalue weighted by atomic mass is 16.5. The lowest BCUT2D eigenvalue weighted by Crippen LogP contribution is -2.37. The lowest BCUT2D eigenvalue weighted by Gasteiger charge is -2.21. The number of methoxy groups -OCH3 is 2. The third-order valence-electron chi connectivity index (χ3n) is 4.57. The molecule has 33 heavy (non-hydrogen) atoms. The van der Waals surface area contributed by atoms with E-state index in [-0.39, 0.29) is 18.3 Å². The molecule has 0 aliphatic heterocycles. The maximum Gasteiger partial charge on any atom is 0.216 e. The van der Waals surface area contributed by atoms with E-state index >= 15 is 0 Å². The van der Waals surface area contributed by atoms with Crippen molar-refractivity contribution in [2.75, 3.05) is 28.0 Å². The number of amidine groups is 1. The molecule has 0 amide bonds. The largest absolute Gasteiger partial charge is 0.481 e. The minimum atomic E-state index is -0.891. The molecular weight excluding hydrogens is 418 g/mol. The van der Waals surface area contributed by atoms with E-state index < -0.39 is 11.8 Å². The van der Waals surface area contributed by atoms with Crippen molar-refractivity contribution in [3.63, 3.8) is 0 Å². The zero-order valence-electron chi connectivity index (χ0n) is 19.0. The van der Waals surface area contributed by atoms with E-state index in [1.807, 2.05) is 60.7 Å². The number of ketones is 1. The van der Waals surface area contributed by atoms with Crippen LogP contribution in [0.5, 0.6) is 0 Å². The quantitative estimate of drug-likeness (QED) is 0.263. The summed E-state index contributed by atoms with van der Waals surface area (Å²) >= 11 is 0. The molecule has 2 aromatic rings. The summed E-state index contributed by atoms with van der Waals surface area (Å²) in [6, 6.07) is 17.6. The smallest absolute Gasteiger partial charge is 0.216 e. The number of nitrogens with zero attached hydrogens (tertiary/aromatic N) is 2. The predicted octanol–water partition coefficient (Wildman–Crippen LogP) is 3.36. The third kappa shape index (κ3) is 7.26. The number of hydrogen-bond donors (Lipinski definition) is 3. The first kappa shape index (κ1) is 25.2. The van der Waals surface area contributed by atoms with E-state index in [9.17, 15) is 4.79 Å². The molecule has 1 atom stereocenters. The Balaban J connectivity index is 2.49. The summed E-state index contributed by atoms with van der Waals surface area (Å²) in [7, 11) is 4.69. The predicted molar refractivity (Wildman–Crippen MR) is 132 cm³/mol. The molecule has 0 bridgehead atoms. The molecule has 8 heteroatoms. The molecule has 8 nitrogen and oxygen atoms in total. The number of ether oxygens (including phenoxy) is 2. The van der Waals surface area contributed by atoms with Crippen molar-refractivity contribution >= 4 is 29.6 Å². The Kier molecular flexibility index (Phi) is 10.2. The van der Waals surface area contributed by atoms with E-state index in [1.54, 1.807) is 13.2 Å². The Bertz CT molecular complexity index is 1030. The Morgan fingerprint density at radius 3 is 2.30 bits per heavy atom. The molecular formula is C25H29N5O3. The maximum absolute atomic E-state index is 13.6. The molecule has 0 fully saturated rings. The summed E-state index contributed by atoms with van der Waals surface area (Å²) in [6.45, 7) is 3.52. The van der Waals surface area contributed by atoms with Crippen molar-refractivity contribution in [1.82, 2.24) is 10.6 Å². The summed E-state index contributed by atoms with van der Waals surface area (Å²) in [5.41, 5.74) is 1.75. The molecule has 0 aromatic heterocycles. The van der Waals surface area contributed by atoms with Gasteiger partial charge in [0.15, 0.2) is 0 Å². The third-order valence-corrected chi connectivity index (χ3v) is 4.57. The monoisotopic (exact) mass is 447 g/mol. The van der Waals surface area contributed by atoms with Gasteiger partial charge in [-0.1, -0.05) is 60.7 Å². The van der Waals surface area contributed by atoms with Crippen LogP contribution >= 0.6 is 0 Å². The highest BCUT2D eigenvalue weighted by Crippen LogP contribution is 2.21. The van der Waals surface area contributed by atoms with Gasteiger partial charge >= 0.3 is 0 Å². The molecule has 2 aromatic carbocycles. The molecule has 0 saturated heterocycles. The van der Waals surface area contributed by atoms with Crippen molar-refractivity contribution in [2.45, 2.75) is 6.04 Å². The van der Waals surface area contributed by atoms with Crippen LogP contribution in [0.25, 0.3) is 5.57 Å². The van der Waals surface area contributed by atoms with Crippen LogP contribution in [0, 0.1) is 5.41 Å². The van der Waals surface area contributed by atoms with Gasteiger partial charge in [-0.3, -0.25) is 10.2 Å². The molecule has 0 heterocycles. The second kappa shape index (κ2) is 13.4. The SMILES string of the molecule is C=N/C(=C\C(=N/COC)NC(C(=O)C(=N)/C(=C\NC)c1ccccc1)c1ccccc1)OC. The van der Waals surface area contributed by atoms with Crippen LogP contribution in [0.1, 0.15) is 17.2 Å². The van der Waals surface area contributed by atoms with Crippen LogP contribution in [0.2, 0.25) is 0 Å². The summed E-state index contributed by atoms with van der Waals surface area (Å²) in [5.74, 6) is 0.0808. The molecule has 0 aliphatic rings. The number of carbonyl (C=O) groups excluding carboxylic acids is 1. The molecule has 0 radical (unpaired) electrons. The van der Waals surface area contributed by atoms with Gasteiger partial charge in [-0.15, -0.1) is 0 Å². The lowest BCUT2D eigenvalue weighted by atomic mass is 9.92. The molecule has 3 N–H and O–H groups in total. The van der Waals surface area contributed by atoms with Crippen molar-refractivity contribution in [3.05, 3.63) is 89.9 Å². The van der Waals surface area contributed by atoms with Crippen LogP contribution in [0.3, 0.4) is 0 Å². The first-order valence-corrected chi connectivity index (χ1v) is 10.2. The van der Waals surface area contributed by atoms with Gasteiger partial charge < -0.3 is 20.1 Å². The summed E-state index contributed by atoms with van der Waals surface area (Å²) in [4.78, 5) is 21.7. The second-order valence-corrected chi connectivity index (χ2v) is 6.75. The van der Waals surface area contributed by atoms with Crippen LogP contribution in [-0.4, -0.2) is 52.0 Å². The highest BCUT2D eigenvalue weighted by molar-refractivity contribution is 6.56. The van der Waals surface area contributed by atoms with Crippen LogP contribution in [-0.2, 0) is 14.3 Å². The van der Waals surface area contributed by atoms with Gasteiger partial charge in [0.1, 0.15) is 24.3 Å². The Labute approximate surface area is 194 Å². The summed E-state index contributed by atoms with van der Waals surface area (Å²) in [5, 5.41) is 14.8. The molecule has 2 rings (SSSR count). The van der Waals surface area contributed by atoms with Gasteiger partial charge in [0.2, 0.25) is 11.7 Å². The fourth-order valence-corrected chi connectivity index (χ4v) is 2.99. The first-order chi connectivity index (χ1) is 16.0. The number of hydrogen-bond acceptors (Lipinski definition) is 7. The van der Waals surface area contributed by atoms with Crippen molar-refractivity contribution in [3.8, 4) is 0 Å². The zero-order valence-corrected chi connectivity index (χ0v) is 19.0. The van der Waals surface area contributed by atoms with Gasteiger partial charge in [0.05, 0.1) is 7.11 Å². The Morgan fingerprint density at radius 2 is 1.76 bits per heavy atom. The lowest BCUT2D eigenvalue weighted by molar-refractivity contribution is -0.114. The van der Waals surface area contributed by atoms with Crippen molar-refractivity contribution in [2.24, 2.45) is 9.98 Å². The molecule has 172 valence electrons. The van der Waals surface area contributed by atoms with E-state index in [0.29, 0.717) is 17.0 Å². The molecule has 0 spiro atoms. The van der Waals surface area contributed by atoms with E-state index in [1.165, 1.54) is 20.3 Å². The van der Waals surface area contributed by atoms with E-state index in [2.05, 4.69) is 27.3 Å². The second-order valence-electron chi connectivity index (χ2n) is 6.75. The standard InChI is InChI=1S/C25H29N5O3/c1-27-16-20(18-11-7-5-8-12-18)23(26)25(31)24(19-13-9-6-10-14-19)30-21(29-17-32-3)15-22(28-2)33-4/h5-16,24,26-27H,2,17H2,1,3-4H3,(H,29,30)/b20-16-,22-15+,26-23?. The number of rotatable bonds is 12. The molecule has 0 saturated carbocycles. The van der Waals surface area contributed by atoms with Crippen LogP contribution in [0.4, 0.5) is 0 Å². The molecule has 0 aliphatic carbocycles. The van der Waals surface area contributed by atoms with Gasteiger partial charge in [-0.05, 0) is 17.8 Å². The fourth-order valence-electron chi connectivity index (χ4n) is 2.99. The van der Waals surface area contributed by atoms with Crippen LogP contribution in [0.15, 0.2) is 88.8 Å². The topological polar surface area (TPSA) is 108 Å². The first-order valence-electron chi connectivity index (χ1n) is 10.2. The maximum atomic E-state index is 13.6. The Morgan fingerprint density at radius 1 is 1.12 bits per heavy atom. The average Bonchev–Trinajstić information content (AvgIpc) is 2.87. The van der Waals surface area contributed by atoms with E-state index in [0.717, 1.165) is 5.56 Å². The van der Waals surface area contributed by atoms with Crippen molar-refractivity contribution < 1.29 is 14.3 Å².